The second-order valence-electron chi connectivity index (χ2n) is 5.84. The molecule has 2 aromatic rings. The average molecular weight is 341 g/mol. The maximum absolute atomic E-state index is 12.8. The quantitative estimate of drug-likeness (QED) is 0.807. The van der Waals surface area contributed by atoms with E-state index in [-0.39, 0.29) is 17.8 Å². The SMILES string of the molecule is O=C(/C=C/c1ccc(F)cc1)Nc1ccc(OCC2CCCO2)cc1. The van der Waals surface area contributed by atoms with Crippen molar-refractivity contribution in [3.8, 4) is 5.75 Å². The predicted molar refractivity (Wildman–Crippen MR) is 95.0 cm³/mol. The van der Waals surface area contributed by atoms with Crippen molar-refractivity contribution in [3.05, 3.63) is 66.0 Å². The fourth-order valence-corrected chi connectivity index (χ4v) is 2.53. The van der Waals surface area contributed by atoms with Crippen molar-refractivity contribution in [2.75, 3.05) is 18.5 Å². The number of carbonyl (C=O) groups is 1. The molecule has 0 radical (unpaired) electrons. The van der Waals surface area contributed by atoms with Gasteiger partial charge in [0.25, 0.3) is 0 Å². The highest BCUT2D eigenvalue weighted by Gasteiger charge is 2.15. The minimum absolute atomic E-state index is 0.177. The van der Waals surface area contributed by atoms with Gasteiger partial charge in [-0.25, -0.2) is 4.39 Å². The second kappa shape index (κ2) is 8.44. The molecule has 1 saturated heterocycles. The summed E-state index contributed by atoms with van der Waals surface area (Å²) < 4.78 is 24.0. The molecule has 1 aliphatic rings. The van der Waals surface area contributed by atoms with Crippen molar-refractivity contribution in [2.24, 2.45) is 0 Å². The number of benzene rings is 2. The number of nitrogens with one attached hydrogen (secondary N) is 1. The highest BCUT2D eigenvalue weighted by Crippen LogP contribution is 2.18. The molecule has 0 aliphatic carbocycles. The van der Waals surface area contributed by atoms with Crippen LogP contribution in [0, 0.1) is 5.82 Å². The zero-order chi connectivity index (χ0) is 17.5. The third kappa shape index (κ3) is 5.43. The molecule has 0 aromatic heterocycles. The molecule has 1 fully saturated rings. The molecule has 1 amide bonds. The van der Waals surface area contributed by atoms with E-state index in [0.29, 0.717) is 12.3 Å². The molecule has 0 bridgehead atoms. The van der Waals surface area contributed by atoms with E-state index in [1.54, 1.807) is 30.3 Å². The maximum Gasteiger partial charge on any atom is 0.248 e. The van der Waals surface area contributed by atoms with E-state index in [4.69, 9.17) is 9.47 Å². The summed E-state index contributed by atoms with van der Waals surface area (Å²) in [4.78, 5) is 11.9. The summed E-state index contributed by atoms with van der Waals surface area (Å²) in [6.45, 7) is 1.36. The smallest absolute Gasteiger partial charge is 0.248 e. The Balaban J connectivity index is 1.48. The number of anilines is 1. The molecule has 25 heavy (non-hydrogen) atoms. The van der Waals surface area contributed by atoms with Gasteiger partial charge in [0.15, 0.2) is 0 Å². The molecule has 5 heteroatoms. The lowest BCUT2D eigenvalue weighted by atomic mass is 10.2. The van der Waals surface area contributed by atoms with Crippen LogP contribution in [0.1, 0.15) is 18.4 Å². The van der Waals surface area contributed by atoms with Gasteiger partial charge in [0.2, 0.25) is 5.91 Å². The van der Waals surface area contributed by atoms with E-state index in [9.17, 15) is 9.18 Å². The number of amides is 1. The van der Waals surface area contributed by atoms with Gasteiger partial charge in [-0.05, 0) is 60.9 Å². The Bertz CT molecular complexity index is 720. The van der Waals surface area contributed by atoms with Crippen LogP contribution in [0.3, 0.4) is 0 Å². The summed E-state index contributed by atoms with van der Waals surface area (Å²) in [6, 6.07) is 13.1. The van der Waals surface area contributed by atoms with Crippen LogP contribution in [-0.4, -0.2) is 25.2 Å². The first kappa shape index (κ1) is 17.2. The molecule has 4 nitrogen and oxygen atoms in total. The molecule has 2 aromatic carbocycles. The summed E-state index contributed by atoms with van der Waals surface area (Å²) in [5.74, 6) is 0.191. The fourth-order valence-electron chi connectivity index (χ4n) is 2.53. The number of hydrogen-bond acceptors (Lipinski definition) is 3. The van der Waals surface area contributed by atoms with Gasteiger partial charge >= 0.3 is 0 Å². The molecule has 1 atom stereocenters. The lowest BCUT2D eigenvalue weighted by Crippen LogP contribution is -2.16. The van der Waals surface area contributed by atoms with Crippen LogP contribution in [0.4, 0.5) is 10.1 Å². The predicted octanol–water partition coefficient (Wildman–Crippen LogP) is 4.04. The highest BCUT2D eigenvalue weighted by atomic mass is 19.1. The lowest BCUT2D eigenvalue weighted by Gasteiger charge is -2.11. The summed E-state index contributed by atoms with van der Waals surface area (Å²) in [6.07, 6.45) is 5.35. The zero-order valence-corrected chi connectivity index (χ0v) is 13.8. The van der Waals surface area contributed by atoms with Gasteiger partial charge in [-0.3, -0.25) is 4.79 Å². The van der Waals surface area contributed by atoms with E-state index in [0.717, 1.165) is 30.8 Å². The van der Waals surface area contributed by atoms with E-state index < -0.39 is 0 Å². The van der Waals surface area contributed by atoms with Crippen molar-refractivity contribution in [1.29, 1.82) is 0 Å². The Morgan fingerprint density at radius 2 is 1.96 bits per heavy atom. The minimum atomic E-state index is -0.302. The first-order valence-electron chi connectivity index (χ1n) is 8.28. The Morgan fingerprint density at radius 1 is 1.20 bits per heavy atom. The normalized spacial score (nSPS) is 16.9. The molecule has 0 spiro atoms. The van der Waals surface area contributed by atoms with Crippen molar-refractivity contribution in [1.82, 2.24) is 0 Å². The molecule has 1 unspecified atom stereocenters. The first-order chi connectivity index (χ1) is 12.2. The molecular weight excluding hydrogens is 321 g/mol. The third-order valence-electron chi connectivity index (χ3n) is 3.88. The molecular formula is C20H20FNO3. The minimum Gasteiger partial charge on any atom is -0.491 e. The topological polar surface area (TPSA) is 47.6 Å². The molecule has 130 valence electrons. The Morgan fingerprint density at radius 3 is 2.64 bits per heavy atom. The summed E-state index contributed by atoms with van der Waals surface area (Å²) >= 11 is 0. The van der Waals surface area contributed by atoms with Gasteiger partial charge in [-0.15, -0.1) is 0 Å². The monoisotopic (exact) mass is 341 g/mol. The van der Waals surface area contributed by atoms with Crippen LogP contribution in [-0.2, 0) is 9.53 Å². The maximum atomic E-state index is 12.8. The standard InChI is InChI=1S/C20H20FNO3/c21-16-6-3-15(4-7-16)5-12-20(23)22-17-8-10-18(11-9-17)25-14-19-2-1-13-24-19/h3-12,19H,1-2,13-14H2,(H,22,23)/b12-5+. The van der Waals surface area contributed by atoms with Crippen molar-refractivity contribution in [3.63, 3.8) is 0 Å². The van der Waals surface area contributed by atoms with E-state index in [1.807, 2.05) is 12.1 Å². The zero-order valence-electron chi connectivity index (χ0n) is 13.8. The second-order valence-corrected chi connectivity index (χ2v) is 5.84. The molecule has 1 aliphatic heterocycles. The van der Waals surface area contributed by atoms with Gasteiger partial charge in [-0.1, -0.05) is 12.1 Å². The number of hydrogen-bond donors (Lipinski definition) is 1. The number of carbonyl (C=O) groups excluding carboxylic acids is 1. The van der Waals surface area contributed by atoms with Crippen LogP contribution in [0.5, 0.6) is 5.75 Å². The van der Waals surface area contributed by atoms with Crippen LogP contribution in [0.2, 0.25) is 0 Å². The lowest BCUT2D eigenvalue weighted by molar-refractivity contribution is -0.111. The molecule has 1 N–H and O–H groups in total. The van der Waals surface area contributed by atoms with Crippen molar-refractivity contribution < 1.29 is 18.7 Å². The fraction of sp³-hybridized carbons (Fsp3) is 0.250. The highest BCUT2D eigenvalue weighted by molar-refractivity contribution is 6.01. The van der Waals surface area contributed by atoms with Crippen molar-refractivity contribution >= 4 is 17.7 Å². The van der Waals surface area contributed by atoms with Crippen LogP contribution in [0.15, 0.2) is 54.6 Å². The van der Waals surface area contributed by atoms with Gasteiger partial charge in [-0.2, -0.15) is 0 Å². The van der Waals surface area contributed by atoms with E-state index in [2.05, 4.69) is 5.32 Å². The van der Waals surface area contributed by atoms with Gasteiger partial charge < -0.3 is 14.8 Å². The Kier molecular flexibility index (Phi) is 5.80. The largest absolute Gasteiger partial charge is 0.491 e. The Hall–Kier alpha value is -2.66. The van der Waals surface area contributed by atoms with Crippen LogP contribution < -0.4 is 10.1 Å². The van der Waals surface area contributed by atoms with E-state index >= 15 is 0 Å². The number of halogens is 1. The third-order valence-corrected chi connectivity index (χ3v) is 3.88. The van der Waals surface area contributed by atoms with Crippen LogP contribution in [0.25, 0.3) is 6.08 Å². The average Bonchev–Trinajstić information content (AvgIpc) is 3.14. The summed E-state index contributed by atoms with van der Waals surface area (Å²) in [5.41, 5.74) is 1.44. The van der Waals surface area contributed by atoms with Crippen LogP contribution >= 0.6 is 0 Å². The van der Waals surface area contributed by atoms with Gasteiger partial charge in [0.1, 0.15) is 18.2 Å². The van der Waals surface area contributed by atoms with E-state index in [1.165, 1.54) is 18.2 Å². The molecule has 3 rings (SSSR count). The van der Waals surface area contributed by atoms with Crippen molar-refractivity contribution in [2.45, 2.75) is 18.9 Å². The summed E-state index contributed by atoms with van der Waals surface area (Å²) in [5, 5.41) is 2.77. The molecule has 0 saturated carbocycles. The van der Waals surface area contributed by atoms with Gasteiger partial charge in [0.05, 0.1) is 6.10 Å². The summed E-state index contributed by atoms with van der Waals surface area (Å²) in [7, 11) is 0. The Labute approximate surface area is 146 Å². The number of ether oxygens (including phenoxy) is 2. The number of rotatable bonds is 6. The molecule has 1 heterocycles. The van der Waals surface area contributed by atoms with Gasteiger partial charge in [0, 0.05) is 18.4 Å². The first-order valence-corrected chi connectivity index (χ1v) is 8.28.